The van der Waals surface area contributed by atoms with E-state index >= 15 is 0 Å². The summed E-state index contributed by atoms with van der Waals surface area (Å²) in [5.41, 5.74) is 2.35. The fourth-order valence-electron chi connectivity index (χ4n) is 3.90. The van der Waals surface area contributed by atoms with Crippen molar-refractivity contribution in [3.63, 3.8) is 0 Å². The number of aromatic carboxylic acids is 1. The number of halogens is 1. The van der Waals surface area contributed by atoms with E-state index in [1.54, 1.807) is 12.1 Å². The summed E-state index contributed by atoms with van der Waals surface area (Å²) in [5.74, 6) is 0.953. The number of rotatable bonds is 6. The fraction of sp³-hybridized carbons (Fsp3) is 0.304. The van der Waals surface area contributed by atoms with E-state index in [2.05, 4.69) is 9.88 Å². The van der Waals surface area contributed by atoms with E-state index in [1.165, 1.54) is 0 Å². The molecule has 0 unspecified atom stereocenters. The van der Waals surface area contributed by atoms with Crippen molar-refractivity contribution >= 4 is 17.6 Å². The number of likely N-dealkylation sites (tertiary alicyclic amines) is 1. The minimum atomic E-state index is -0.881. The Labute approximate surface area is 174 Å². The molecule has 0 aliphatic carbocycles. The summed E-state index contributed by atoms with van der Waals surface area (Å²) in [6.45, 7) is 2.38. The molecule has 2 heterocycles. The SMILES string of the molecule is O=C(O)c1ccccc1CN1CCC[C@@H](c2ncc(Cc3ccc(Cl)cc3)o2)C1. The summed E-state index contributed by atoms with van der Waals surface area (Å²) in [6, 6.07) is 14.9. The summed E-state index contributed by atoms with van der Waals surface area (Å²) < 4.78 is 6.05. The number of nitrogens with zero attached hydrogens (tertiary/aromatic N) is 2. The minimum absolute atomic E-state index is 0.222. The zero-order valence-corrected chi connectivity index (χ0v) is 16.8. The lowest BCUT2D eigenvalue weighted by atomic mass is 9.97. The Morgan fingerprint density at radius 1 is 1.21 bits per heavy atom. The third kappa shape index (κ3) is 4.86. The molecule has 0 spiro atoms. The second-order valence-corrected chi connectivity index (χ2v) is 7.94. The molecule has 6 heteroatoms. The maximum Gasteiger partial charge on any atom is 0.336 e. The predicted molar refractivity (Wildman–Crippen MR) is 111 cm³/mol. The zero-order valence-electron chi connectivity index (χ0n) is 16.1. The van der Waals surface area contributed by atoms with Crippen LogP contribution in [0.1, 0.15) is 51.9 Å². The first-order valence-corrected chi connectivity index (χ1v) is 10.2. The first-order valence-electron chi connectivity index (χ1n) is 9.81. The number of benzene rings is 2. The van der Waals surface area contributed by atoms with Crippen LogP contribution in [0.2, 0.25) is 5.02 Å². The van der Waals surface area contributed by atoms with Crippen molar-refractivity contribution in [3.8, 4) is 0 Å². The molecule has 1 aromatic heterocycles. The van der Waals surface area contributed by atoms with Gasteiger partial charge in [-0.15, -0.1) is 0 Å². The van der Waals surface area contributed by atoms with E-state index in [9.17, 15) is 9.90 Å². The number of carboxylic acids is 1. The average Bonchev–Trinajstić information content (AvgIpc) is 3.19. The maximum atomic E-state index is 11.5. The van der Waals surface area contributed by atoms with Gasteiger partial charge in [-0.3, -0.25) is 4.90 Å². The van der Waals surface area contributed by atoms with E-state index in [0.717, 1.165) is 53.7 Å². The number of carbonyl (C=O) groups is 1. The summed E-state index contributed by atoms with van der Waals surface area (Å²) in [7, 11) is 0. The monoisotopic (exact) mass is 410 g/mol. The zero-order chi connectivity index (χ0) is 20.2. The third-order valence-electron chi connectivity index (χ3n) is 5.36. The van der Waals surface area contributed by atoms with E-state index in [1.807, 2.05) is 42.6 Å². The average molecular weight is 411 g/mol. The van der Waals surface area contributed by atoms with Crippen LogP contribution in [0.5, 0.6) is 0 Å². The van der Waals surface area contributed by atoms with Crippen LogP contribution in [-0.2, 0) is 13.0 Å². The molecule has 1 saturated heterocycles. The molecule has 0 bridgehead atoms. The summed E-state index contributed by atoms with van der Waals surface area (Å²) >= 11 is 5.95. The highest BCUT2D eigenvalue weighted by atomic mass is 35.5. The number of piperidine rings is 1. The Morgan fingerprint density at radius 2 is 2.00 bits per heavy atom. The Kier molecular flexibility index (Phi) is 5.97. The number of oxazole rings is 1. The van der Waals surface area contributed by atoms with Gasteiger partial charge in [0.2, 0.25) is 0 Å². The third-order valence-corrected chi connectivity index (χ3v) is 5.61. The van der Waals surface area contributed by atoms with Crippen LogP contribution in [0.3, 0.4) is 0 Å². The van der Waals surface area contributed by atoms with Gasteiger partial charge in [-0.2, -0.15) is 0 Å². The van der Waals surface area contributed by atoms with Gasteiger partial charge in [0.15, 0.2) is 5.89 Å². The normalized spacial score (nSPS) is 17.3. The molecule has 1 fully saturated rings. The lowest BCUT2D eigenvalue weighted by molar-refractivity contribution is 0.0693. The number of aromatic nitrogens is 1. The minimum Gasteiger partial charge on any atom is -0.478 e. The number of hydrogen-bond acceptors (Lipinski definition) is 4. The van der Waals surface area contributed by atoms with Crippen LogP contribution in [0.15, 0.2) is 59.1 Å². The Morgan fingerprint density at radius 3 is 2.79 bits per heavy atom. The summed E-state index contributed by atoms with van der Waals surface area (Å²) in [4.78, 5) is 18.3. The van der Waals surface area contributed by atoms with Crippen molar-refractivity contribution in [2.45, 2.75) is 31.7 Å². The van der Waals surface area contributed by atoms with Crippen LogP contribution in [0, 0.1) is 0 Å². The van der Waals surface area contributed by atoms with Crippen LogP contribution in [0.25, 0.3) is 0 Å². The van der Waals surface area contributed by atoms with E-state index < -0.39 is 5.97 Å². The first-order chi connectivity index (χ1) is 14.1. The van der Waals surface area contributed by atoms with Crippen LogP contribution >= 0.6 is 11.6 Å². The second kappa shape index (κ2) is 8.80. The van der Waals surface area contributed by atoms with Gasteiger partial charge >= 0.3 is 5.97 Å². The fourth-order valence-corrected chi connectivity index (χ4v) is 4.03. The van der Waals surface area contributed by atoms with Gasteiger partial charge in [0.05, 0.1) is 11.8 Å². The molecule has 5 nitrogen and oxygen atoms in total. The smallest absolute Gasteiger partial charge is 0.336 e. The molecule has 1 aliphatic heterocycles. The van der Waals surface area contributed by atoms with Gasteiger partial charge in [0, 0.05) is 30.5 Å². The molecule has 2 aromatic carbocycles. The van der Waals surface area contributed by atoms with Crippen LogP contribution in [0.4, 0.5) is 0 Å². The molecular formula is C23H23ClN2O3. The topological polar surface area (TPSA) is 66.6 Å². The molecular weight excluding hydrogens is 388 g/mol. The molecule has 0 saturated carbocycles. The molecule has 0 radical (unpaired) electrons. The largest absolute Gasteiger partial charge is 0.478 e. The van der Waals surface area contributed by atoms with Gasteiger partial charge in [-0.25, -0.2) is 9.78 Å². The van der Waals surface area contributed by atoms with E-state index in [0.29, 0.717) is 18.5 Å². The molecule has 1 N–H and O–H groups in total. The maximum absolute atomic E-state index is 11.5. The molecule has 150 valence electrons. The van der Waals surface area contributed by atoms with Crippen molar-refractivity contribution in [2.75, 3.05) is 13.1 Å². The number of carboxylic acid groups (broad SMARTS) is 1. The number of hydrogen-bond donors (Lipinski definition) is 1. The van der Waals surface area contributed by atoms with Crippen molar-refractivity contribution in [2.24, 2.45) is 0 Å². The lowest BCUT2D eigenvalue weighted by Crippen LogP contribution is -2.34. The van der Waals surface area contributed by atoms with Gasteiger partial charge in [-0.1, -0.05) is 41.9 Å². The van der Waals surface area contributed by atoms with Crippen molar-refractivity contribution in [1.82, 2.24) is 9.88 Å². The molecule has 0 amide bonds. The molecule has 1 atom stereocenters. The van der Waals surface area contributed by atoms with Crippen LogP contribution < -0.4 is 0 Å². The highest BCUT2D eigenvalue weighted by Crippen LogP contribution is 2.28. The molecule has 1 aliphatic rings. The molecule has 3 aromatic rings. The first kappa shape index (κ1) is 19.7. The summed E-state index contributed by atoms with van der Waals surface area (Å²) in [5, 5.41) is 10.1. The van der Waals surface area contributed by atoms with Gasteiger partial charge in [0.1, 0.15) is 5.76 Å². The molecule has 29 heavy (non-hydrogen) atoms. The van der Waals surface area contributed by atoms with Gasteiger partial charge < -0.3 is 9.52 Å². The van der Waals surface area contributed by atoms with E-state index in [-0.39, 0.29) is 5.92 Å². The second-order valence-electron chi connectivity index (χ2n) is 7.50. The van der Waals surface area contributed by atoms with Crippen LogP contribution in [-0.4, -0.2) is 34.0 Å². The highest BCUT2D eigenvalue weighted by molar-refractivity contribution is 6.30. The van der Waals surface area contributed by atoms with Gasteiger partial charge in [-0.05, 0) is 48.7 Å². The Bertz CT molecular complexity index is 984. The summed E-state index contributed by atoms with van der Waals surface area (Å²) in [6.07, 6.45) is 4.56. The van der Waals surface area contributed by atoms with Gasteiger partial charge in [0.25, 0.3) is 0 Å². The van der Waals surface area contributed by atoms with Crippen molar-refractivity contribution < 1.29 is 14.3 Å². The van der Waals surface area contributed by atoms with Crippen molar-refractivity contribution in [1.29, 1.82) is 0 Å². The standard InChI is InChI=1S/C23H23ClN2O3/c24-19-9-7-16(8-10-19)12-20-13-25-22(29-20)18-5-3-11-26(15-18)14-17-4-1-2-6-21(17)23(27)28/h1-2,4,6-10,13,18H,3,5,11-12,14-15H2,(H,27,28)/t18-/m1/s1. The Balaban J connectivity index is 1.42. The highest BCUT2D eigenvalue weighted by Gasteiger charge is 2.26. The predicted octanol–water partition coefficient (Wildman–Crippen LogP) is 5.00. The quantitative estimate of drug-likeness (QED) is 0.619. The lowest BCUT2D eigenvalue weighted by Gasteiger charge is -2.31. The Hall–Kier alpha value is -2.63. The van der Waals surface area contributed by atoms with E-state index in [4.69, 9.17) is 16.0 Å². The molecule has 4 rings (SSSR count). The van der Waals surface area contributed by atoms with Crippen molar-refractivity contribution in [3.05, 3.63) is 88.1 Å².